The predicted molar refractivity (Wildman–Crippen MR) is 167 cm³/mol. The second kappa shape index (κ2) is 11.1. The topological polar surface area (TPSA) is 129 Å². The molecule has 0 radical (unpaired) electrons. The fourth-order valence-corrected chi connectivity index (χ4v) is 4.57. The summed E-state index contributed by atoms with van der Waals surface area (Å²) in [4.78, 5) is 4.23. The molecule has 8 N–H and O–H groups in total. The molecule has 0 unspecified atom stereocenters. The molecule has 0 aliphatic carbocycles. The number of hydrogen-bond acceptors (Lipinski definition) is 8. The van der Waals surface area contributed by atoms with E-state index in [2.05, 4.69) is 34.1 Å². The fraction of sp³-hybridized carbons (Fsp3) is 0.0625. The normalized spacial score (nSPS) is 10.7. The molecular weight excluding hydrogens is 500 g/mol. The number of nitrogens with two attached hydrogens (primary N) is 4. The summed E-state index contributed by atoms with van der Waals surface area (Å²) in [6.45, 7) is 0. The first-order valence-corrected chi connectivity index (χ1v) is 12.7. The summed E-state index contributed by atoms with van der Waals surface area (Å²) in [5.41, 5.74) is 32.2. The van der Waals surface area contributed by atoms with E-state index in [0.29, 0.717) is 34.2 Å². The Morgan fingerprint density at radius 3 is 1.00 bits per heavy atom. The summed E-state index contributed by atoms with van der Waals surface area (Å²) in [5, 5.41) is 0. The molecule has 40 heavy (non-hydrogen) atoms. The SMILES string of the molecule is COc1cc(N(c2ccc(N(c3ccc(N)cc3)c3ccc(N)cc3)cc2)c2ccc(N)c(OC)c2)ccc1N. The average molecular weight is 533 g/mol. The van der Waals surface area contributed by atoms with Crippen LogP contribution in [0.15, 0.2) is 109 Å². The van der Waals surface area contributed by atoms with Crippen molar-refractivity contribution in [1.29, 1.82) is 0 Å². The van der Waals surface area contributed by atoms with Crippen molar-refractivity contribution >= 4 is 56.9 Å². The molecule has 0 aromatic heterocycles. The smallest absolute Gasteiger partial charge is 0.143 e. The molecule has 0 atom stereocenters. The molecule has 8 heteroatoms. The number of anilines is 10. The van der Waals surface area contributed by atoms with Crippen molar-refractivity contribution in [3.63, 3.8) is 0 Å². The lowest BCUT2D eigenvalue weighted by Crippen LogP contribution is -2.13. The monoisotopic (exact) mass is 532 g/mol. The Morgan fingerprint density at radius 2 is 0.675 bits per heavy atom. The van der Waals surface area contributed by atoms with Crippen molar-refractivity contribution in [1.82, 2.24) is 0 Å². The van der Waals surface area contributed by atoms with Crippen molar-refractivity contribution < 1.29 is 9.47 Å². The van der Waals surface area contributed by atoms with Crippen LogP contribution in [0.4, 0.5) is 56.9 Å². The highest BCUT2D eigenvalue weighted by Crippen LogP contribution is 2.42. The Balaban J connectivity index is 1.62. The standard InChI is InChI=1S/C32H32N6O2/c1-39-31-19-27(15-17-29(31)35)38(28-16-18-30(36)32(20-28)40-2)26-13-11-25(12-14-26)37(23-7-3-21(33)4-8-23)24-9-5-22(34)6-10-24/h3-20H,33-36H2,1-2H3. The molecule has 202 valence electrons. The number of nitrogen functional groups attached to an aromatic ring is 4. The van der Waals surface area contributed by atoms with E-state index in [-0.39, 0.29) is 0 Å². The third-order valence-corrected chi connectivity index (χ3v) is 6.62. The van der Waals surface area contributed by atoms with Gasteiger partial charge >= 0.3 is 0 Å². The molecule has 0 fully saturated rings. The minimum absolute atomic E-state index is 0.555. The molecule has 8 nitrogen and oxygen atoms in total. The molecule has 0 bridgehead atoms. The molecule has 5 aromatic carbocycles. The van der Waals surface area contributed by atoms with Gasteiger partial charge in [-0.25, -0.2) is 0 Å². The highest BCUT2D eigenvalue weighted by molar-refractivity contribution is 5.83. The molecule has 0 amide bonds. The van der Waals surface area contributed by atoms with Gasteiger partial charge in [-0.05, 0) is 97.1 Å². The number of nitrogens with zero attached hydrogens (tertiary/aromatic N) is 2. The second-order valence-electron chi connectivity index (χ2n) is 9.22. The van der Waals surface area contributed by atoms with Gasteiger partial charge in [0.25, 0.3) is 0 Å². The zero-order valence-electron chi connectivity index (χ0n) is 22.4. The van der Waals surface area contributed by atoms with Crippen molar-refractivity contribution in [3.05, 3.63) is 109 Å². The number of rotatable bonds is 8. The Kier molecular flexibility index (Phi) is 7.24. The van der Waals surface area contributed by atoms with Gasteiger partial charge in [-0.3, -0.25) is 0 Å². The van der Waals surface area contributed by atoms with Crippen LogP contribution in [-0.4, -0.2) is 14.2 Å². The second-order valence-corrected chi connectivity index (χ2v) is 9.22. The Bertz CT molecular complexity index is 1500. The zero-order valence-corrected chi connectivity index (χ0v) is 22.4. The summed E-state index contributed by atoms with van der Waals surface area (Å²) >= 11 is 0. The summed E-state index contributed by atoms with van der Waals surface area (Å²) in [6, 6.07) is 35.1. The third kappa shape index (κ3) is 5.23. The third-order valence-electron chi connectivity index (χ3n) is 6.62. The van der Waals surface area contributed by atoms with E-state index in [4.69, 9.17) is 32.4 Å². The number of benzene rings is 5. The van der Waals surface area contributed by atoms with E-state index < -0.39 is 0 Å². The van der Waals surface area contributed by atoms with Crippen LogP contribution in [0.3, 0.4) is 0 Å². The number of ether oxygens (including phenoxy) is 2. The number of hydrogen-bond donors (Lipinski definition) is 4. The highest BCUT2D eigenvalue weighted by Gasteiger charge is 2.18. The van der Waals surface area contributed by atoms with Crippen LogP contribution in [0.5, 0.6) is 11.5 Å². The van der Waals surface area contributed by atoms with Gasteiger partial charge in [0.15, 0.2) is 0 Å². The van der Waals surface area contributed by atoms with Crippen LogP contribution in [0.25, 0.3) is 0 Å². The molecule has 0 saturated heterocycles. The predicted octanol–water partition coefficient (Wildman–Crippen LogP) is 6.97. The maximum Gasteiger partial charge on any atom is 0.143 e. The van der Waals surface area contributed by atoms with Crippen molar-refractivity contribution in [2.45, 2.75) is 0 Å². The average Bonchev–Trinajstić information content (AvgIpc) is 2.97. The molecule has 5 aromatic rings. The Labute approximate surface area is 233 Å². The lowest BCUT2D eigenvalue weighted by molar-refractivity contribution is 0.417. The van der Waals surface area contributed by atoms with Crippen molar-refractivity contribution in [2.24, 2.45) is 0 Å². The lowest BCUT2D eigenvalue weighted by Gasteiger charge is -2.29. The van der Waals surface area contributed by atoms with Gasteiger partial charge in [0.2, 0.25) is 0 Å². The maximum absolute atomic E-state index is 6.12. The van der Waals surface area contributed by atoms with Crippen molar-refractivity contribution in [3.8, 4) is 11.5 Å². The van der Waals surface area contributed by atoms with E-state index >= 15 is 0 Å². The minimum atomic E-state index is 0.555. The van der Waals surface area contributed by atoms with Crippen LogP contribution in [0, 0.1) is 0 Å². The Morgan fingerprint density at radius 1 is 0.400 bits per heavy atom. The van der Waals surface area contributed by atoms with Gasteiger partial charge in [-0.15, -0.1) is 0 Å². The van der Waals surface area contributed by atoms with Crippen LogP contribution in [0.2, 0.25) is 0 Å². The van der Waals surface area contributed by atoms with Crippen LogP contribution < -0.4 is 42.2 Å². The molecule has 0 aliphatic heterocycles. The van der Waals surface area contributed by atoms with Gasteiger partial charge in [0.05, 0.1) is 25.6 Å². The molecule has 0 spiro atoms. The summed E-state index contributed by atoms with van der Waals surface area (Å²) < 4.78 is 11.0. The van der Waals surface area contributed by atoms with Gasteiger partial charge in [-0.1, -0.05) is 0 Å². The zero-order chi connectivity index (χ0) is 28.2. The first-order chi connectivity index (χ1) is 19.4. The molecule has 0 heterocycles. The van der Waals surface area contributed by atoms with Crippen LogP contribution in [-0.2, 0) is 0 Å². The maximum atomic E-state index is 6.12. The summed E-state index contributed by atoms with van der Waals surface area (Å²) in [6.07, 6.45) is 0. The van der Waals surface area contributed by atoms with Gasteiger partial charge in [0, 0.05) is 57.6 Å². The van der Waals surface area contributed by atoms with Crippen molar-refractivity contribution in [2.75, 3.05) is 47.0 Å². The summed E-state index contributed by atoms with van der Waals surface area (Å²) in [7, 11) is 3.20. The van der Waals surface area contributed by atoms with E-state index in [9.17, 15) is 0 Å². The number of methoxy groups -OCH3 is 2. The van der Waals surface area contributed by atoms with Crippen LogP contribution in [0.1, 0.15) is 0 Å². The molecular formula is C32H32N6O2. The fourth-order valence-electron chi connectivity index (χ4n) is 4.57. The molecule has 0 saturated carbocycles. The Hall–Kier alpha value is -5.50. The van der Waals surface area contributed by atoms with Gasteiger partial charge < -0.3 is 42.2 Å². The quantitative estimate of drug-likeness (QED) is 0.158. The molecule has 5 rings (SSSR count). The van der Waals surface area contributed by atoms with E-state index in [1.54, 1.807) is 14.2 Å². The van der Waals surface area contributed by atoms with E-state index in [1.807, 2.05) is 84.9 Å². The first kappa shape index (κ1) is 26.1. The summed E-state index contributed by atoms with van der Waals surface area (Å²) in [5.74, 6) is 1.17. The van der Waals surface area contributed by atoms with Crippen LogP contribution >= 0.6 is 0 Å². The molecule has 0 aliphatic rings. The van der Waals surface area contributed by atoms with Gasteiger partial charge in [0.1, 0.15) is 11.5 Å². The first-order valence-electron chi connectivity index (χ1n) is 12.7. The lowest BCUT2D eigenvalue weighted by atomic mass is 10.1. The highest BCUT2D eigenvalue weighted by atomic mass is 16.5. The largest absolute Gasteiger partial charge is 0.495 e. The van der Waals surface area contributed by atoms with E-state index in [1.165, 1.54) is 0 Å². The van der Waals surface area contributed by atoms with Gasteiger partial charge in [-0.2, -0.15) is 0 Å². The van der Waals surface area contributed by atoms with E-state index in [0.717, 1.165) is 34.1 Å². The minimum Gasteiger partial charge on any atom is -0.495 e.